The molecule has 0 heterocycles. The van der Waals surface area contributed by atoms with Crippen molar-refractivity contribution in [2.75, 3.05) is 19.7 Å². The highest BCUT2D eigenvalue weighted by Crippen LogP contribution is 1.78. The van der Waals surface area contributed by atoms with Gasteiger partial charge in [-0.05, 0) is 6.42 Å². The minimum absolute atomic E-state index is 0.226. The zero-order valence-electron chi connectivity index (χ0n) is 5.26. The van der Waals surface area contributed by atoms with Crippen molar-refractivity contribution >= 4 is 7.28 Å². The highest BCUT2D eigenvalue weighted by molar-refractivity contribution is 6.33. The Hall–Kier alpha value is -0.0151. The summed E-state index contributed by atoms with van der Waals surface area (Å²) in [5.74, 6) is 0. The second-order valence-corrected chi connectivity index (χ2v) is 1.56. The maximum atomic E-state index is 8.28. The van der Waals surface area contributed by atoms with Crippen molar-refractivity contribution in [3.05, 3.63) is 0 Å². The molecule has 0 aromatic carbocycles. The molecule has 8 heavy (non-hydrogen) atoms. The van der Waals surface area contributed by atoms with Gasteiger partial charge in [0.1, 0.15) is 7.28 Å². The minimum Gasteiger partial charge on any atom is -0.396 e. The van der Waals surface area contributed by atoms with Gasteiger partial charge in [-0.15, -0.1) is 0 Å². The van der Waals surface area contributed by atoms with E-state index in [4.69, 9.17) is 9.84 Å². The van der Waals surface area contributed by atoms with Gasteiger partial charge >= 0.3 is 0 Å². The van der Waals surface area contributed by atoms with E-state index in [1.54, 1.807) is 0 Å². The van der Waals surface area contributed by atoms with Crippen LogP contribution < -0.4 is 0 Å². The van der Waals surface area contributed by atoms with Crippen molar-refractivity contribution in [3.8, 4) is 0 Å². The van der Waals surface area contributed by atoms with Crippen LogP contribution in [0, 0.1) is 0 Å². The first-order valence-electron chi connectivity index (χ1n) is 2.88. The monoisotopic (exact) mass is 115 g/mol. The average Bonchev–Trinajstić information content (AvgIpc) is 1.81. The van der Waals surface area contributed by atoms with Crippen LogP contribution in [0.25, 0.3) is 0 Å². The molecule has 2 nitrogen and oxygen atoms in total. The Bertz CT molecular complexity index is 35.4. The maximum absolute atomic E-state index is 8.28. The first-order chi connectivity index (χ1) is 3.91. The first-order valence-corrected chi connectivity index (χ1v) is 2.88. The van der Waals surface area contributed by atoms with Crippen molar-refractivity contribution < 1.29 is 9.84 Å². The predicted octanol–water partition coefficient (Wildman–Crippen LogP) is 0.0952. The molecule has 0 aliphatic carbocycles. The summed E-state index contributed by atoms with van der Waals surface area (Å²) in [4.78, 5) is 0. The lowest BCUT2D eigenvalue weighted by Crippen LogP contribution is -2.02. The molecule has 0 aliphatic rings. The molecule has 0 rings (SSSR count). The summed E-state index contributed by atoms with van der Waals surface area (Å²) in [5, 5.41) is 8.28. The lowest BCUT2D eigenvalue weighted by molar-refractivity contribution is 0.150. The van der Waals surface area contributed by atoms with Crippen molar-refractivity contribution in [3.63, 3.8) is 0 Å². The molecule has 0 unspecified atom stereocenters. The zero-order chi connectivity index (χ0) is 6.24. The SMILES string of the molecule is C[B]COCCCO. The van der Waals surface area contributed by atoms with Gasteiger partial charge in [0, 0.05) is 19.7 Å². The van der Waals surface area contributed by atoms with Crippen LogP contribution in [0.5, 0.6) is 0 Å². The molecular weight excluding hydrogens is 103 g/mol. The average molecular weight is 115 g/mol. The van der Waals surface area contributed by atoms with Gasteiger partial charge in [0.15, 0.2) is 0 Å². The molecule has 0 spiro atoms. The fraction of sp³-hybridized carbons (Fsp3) is 1.00. The first kappa shape index (κ1) is 7.98. The summed E-state index contributed by atoms with van der Waals surface area (Å²) < 4.78 is 5.01. The number of rotatable bonds is 5. The van der Waals surface area contributed by atoms with Gasteiger partial charge in [0.2, 0.25) is 0 Å². The van der Waals surface area contributed by atoms with E-state index in [1.165, 1.54) is 0 Å². The smallest absolute Gasteiger partial charge is 0.141 e. The molecule has 0 aromatic heterocycles. The molecular formula is C5H12BO2. The van der Waals surface area contributed by atoms with Crippen LogP contribution in [0.3, 0.4) is 0 Å². The van der Waals surface area contributed by atoms with E-state index >= 15 is 0 Å². The summed E-state index contributed by atoms with van der Waals surface area (Å²) in [6.07, 6.45) is 0.744. The Morgan fingerprint density at radius 2 is 2.38 bits per heavy atom. The molecule has 47 valence electrons. The normalized spacial score (nSPS) is 9.25. The fourth-order valence-corrected chi connectivity index (χ4v) is 0.368. The van der Waals surface area contributed by atoms with E-state index < -0.39 is 0 Å². The second-order valence-electron chi connectivity index (χ2n) is 1.56. The number of ether oxygens (including phenoxy) is 1. The van der Waals surface area contributed by atoms with Gasteiger partial charge in [-0.25, -0.2) is 0 Å². The molecule has 0 saturated heterocycles. The van der Waals surface area contributed by atoms with Crippen molar-refractivity contribution in [1.82, 2.24) is 0 Å². The Labute approximate surface area is 51.1 Å². The Kier molecular flexibility index (Phi) is 6.97. The van der Waals surface area contributed by atoms with Gasteiger partial charge in [-0.1, -0.05) is 6.82 Å². The molecule has 3 heteroatoms. The minimum atomic E-state index is 0.226. The van der Waals surface area contributed by atoms with Crippen LogP contribution in [0.15, 0.2) is 0 Å². The third-order valence-electron chi connectivity index (χ3n) is 0.731. The Morgan fingerprint density at radius 1 is 1.62 bits per heavy atom. The Balaban J connectivity index is 2.53. The number of aliphatic hydroxyl groups excluding tert-OH is 1. The highest BCUT2D eigenvalue weighted by Gasteiger charge is 1.83. The van der Waals surface area contributed by atoms with Gasteiger partial charge in [0.05, 0.1) is 0 Å². The van der Waals surface area contributed by atoms with Crippen LogP contribution in [0.4, 0.5) is 0 Å². The number of hydrogen-bond acceptors (Lipinski definition) is 2. The molecule has 0 aliphatic heterocycles. The molecule has 0 fully saturated rings. The molecule has 0 bridgehead atoms. The molecule has 1 N–H and O–H groups in total. The lowest BCUT2D eigenvalue weighted by atomic mass is 9.85. The lowest BCUT2D eigenvalue weighted by Gasteiger charge is -1.97. The van der Waals surface area contributed by atoms with Crippen LogP contribution in [-0.4, -0.2) is 32.1 Å². The van der Waals surface area contributed by atoms with Crippen LogP contribution in [-0.2, 0) is 4.74 Å². The van der Waals surface area contributed by atoms with Crippen molar-refractivity contribution in [2.24, 2.45) is 0 Å². The second kappa shape index (κ2) is 6.98. The van der Waals surface area contributed by atoms with Crippen LogP contribution >= 0.6 is 0 Å². The standard InChI is InChI=1S/C5H12BO2/c1-6-5-8-4-2-3-7/h7H,2-5H2,1H3. The number of hydrogen-bond donors (Lipinski definition) is 1. The van der Waals surface area contributed by atoms with E-state index in [2.05, 4.69) is 0 Å². The van der Waals surface area contributed by atoms with E-state index in [0.717, 1.165) is 6.42 Å². The fourth-order valence-electron chi connectivity index (χ4n) is 0.368. The van der Waals surface area contributed by atoms with Crippen LogP contribution in [0.1, 0.15) is 6.42 Å². The largest absolute Gasteiger partial charge is 0.396 e. The molecule has 0 aromatic rings. The van der Waals surface area contributed by atoms with E-state index in [-0.39, 0.29) is 6.61 Å². The summed E-state index contributed by atoms with van der Waals surface area (Å²) >= 11 is 0. The predicted molar refractivity (Wildman–Crippen MR) is 34.1 cm³/mol. The van der Waals surface area contributed by atoms with Gasteiger partial charge in [-0.3, -0.25) is 0 Å². The molecule has 0 atom stereocenters. The Morgan fingerprint density at radius 3 is 2.88 bits per heavy atom. The van der Waals surface area contributed by atoms with Gasteiger partial charge < -0.3 is 9.84 Å². The van der Waals surface area contributed by atoms with Gasteiger partial charge in [0.25, 0.3) is 0 Å². The summed E-state index contributed by atoms with van der Waals surface area (Å²) in [6.45, 7) is 3.53. The molecule has 1 radical (unpaired) electrons. The van der Waals surface area contributed by atoms with E-state index in [0.29, 0.717) is 13.1 Å². The number of aliphatic hydroxyl groups is 1. The molecule has 0 saturated carbocycles. The van der Waals surface area contributed by atoms with Gasteiger partial charge in [-0.2, -0.15) is 0 Å². The highest BCUT2D eigenvalue weighted by atomic mass is 16.5. The summed E-state index contributed by atoms with van der Waals surface area (Å²) in [5.41, 5.74) is 0. The summed E-state index contributed by atoms with van der Waals surface area (Å²) in [7, 11) is 1.94. The van der Waals surface area contributed by atoms with E-state index in [1.807, 2.05) is 14.1 Å². The summed E-state index contributed by atoms with van der Waals surface area (Å²) in [6, 6.07) is 0. The zero-order valence-corrected chi connectivity index (χ0v) is 5.26. The van der Waals surface area contributed by atoms with Crippen LogP contribution in [0.2, 0.25) is 6.82 Å². The van der Waals surface area contributed by atoms with E-state index in [9.17, 15) is 0 Å². The van der Waals surface area contributed by atoms with Crippen molar-refractivity contribution in [2.45, 2.75) is 13.2 Å². The topological polar surface area (TPSA) is 29.5 Å². The third kappa shape index (κ3) is 5.98. The van der Waals surface area contributed by atoms with Crippen molar-refractivity contribution in [1.29, 1.82) is 0 Å². The molecule has 0 amide bonds. The quantitative estimate of drug-likeness (QED) is 0.406. The maximum Gasteiger partial charge on any atom is 0.141 e. The third-order valence-corrected chi connectivity index (χ3v) is 0.731.